The van der Waals surface area contributed by atoms with E-state index in [-0.39, 0.29) is 11.5 Å². The molecule has 0 aliphatic carbocycles. The number of rotatable bonds is 5. The Bertz CT molecular complexity index is 1500. The Balaban J connectivity index is 1.25. The highest BCUT2D eigenvalue weighted by Gasteiger charge is 2.31. The molecule has 3 aromatic heterocycles. The van der Waals surface area contributed by atoms with E-state index in [1.165, 1.54) is 6.07 Å². The summed E-state index contributed by atoms with van der Waals surface area (Å²) in [6.45, 7) is 0.953. The molecule has 2 aromatic carbocycles. The molecule has 4 heterocycles. The molecule has 5 aromatic rings. The molecule has 36 heavy (non-hydrogen) atoms. The Kier molecular flexibility index (Phi) is 5.74. The van der Waals surface area contributed by atoms with Gasteiger partial charge in [-0.15, -0.1) is 5.10 Å². The monoisotopic (exact) mass is 487 g/mol. The van der Waals surface area contributed by atoms with Gasteiger partial charge in [-0.3, -0.25) is 15.0 Å². The Morgan fingerprint density at radius 1 is 1.06 bits per heavy atom. The molecular weight excluding hydrogens is 464 g/mol. The molecule has 1 fully saturated rings. The van der Waals surface area contributed by atoms with E-state index in [4.69, 9.17) is 0 Å². The molecule has 2 atom stereocenters. The number of H-pyrrole nitrogens is 1. The van der Waals surface area contributed by atoms with Crippen LogP contribution in [-0.2, 0) is 0 Å². The summed E-state index contributed by atoms with van der Waals surface area (Å²) in [7, 11) is 0. The zero-order chi connectivity index (χ0) is 24.6. The minimum atomic E-state index is -1.36. The van der Waals surface area contributed by atoms with Crippen molar-refractivity contribution >= 4 is 10.9 Å². The number of nitrogens with zero attached hydrogens (tertiary/aromatic N) is 6. The van der Waals surface area contributed by atoms with Crippen LogP contribution in [0.15, 0.2) is 67.1 Å². The number of fused-ring (bicyclic) bond motifs is 1. The third kappa shape index (κ3) is 4.04. The van der Waals surface area contributed by atoms with E-state index in [0.717, 1.165) is 58.5 Å². The zero-order valence-electron chi connectivity index (χ0n) is 19.2. The number of piperidine rings is 1. The van der Waals surface area contributed by atoms with E-state index in [1.54, 1.807) is 22.0 Å². The Hall–Kier alpha value is -4.02. The van der Waals surface area contributed by atoms with Gasteiger partial charge in [-0.2, -0.15) is 5.10 Å². The van der Waals surface area contributed by atoms with Crippen molar-refractivity contribution in [2.24, 2.45) is 0 Å². The van der Waals surface area contributed by atoms with Crippen LogP contribution >= 0.6 is 0 Å². The van der Waals surface area contributed by atoms with Crippen molar-refractivity contribution in [2.75, 3.05) is 13.1 Å². The molecule has 6 rings (SSSR count). The standard InChI is InChI=1S/C26H23F2N7O/c27-20-4-1-5-21(28)24(20)26(36)34-12-2-3-17(14-34)23-15-35(33-31-23)18-6-7-22-19(13-18)25(32-30-22)16-8-10-29-11-9-16/h1,4-11,13,15,17,26,36H,2-3,12,14H2,(H,30,32)/t17-,26?/m1/s1. The minimum Gasteiger partial charge on any atom is -0.374 e. The molecule has 8 nitrogen and oxygen atoms in total. The van der Waals surface area contributed by atoms with E-state index < -0.39 is 17.9 Å². The number of benzene rings is 2. The van der Waals surface area contributed by atoms with Crippen molar-refractivity contribution in [3.63, 3.8) is 0 Å². The molecule has 1 aliphatic rings. The van der Waals surface area contributed by atoms with Crippen LogP contribution in [0.3, 0.4) is 0 Å². The lowest BCUT2D eigenvalue weighted by molar-refractivity contribution is -0.0200. The van der Waals surface area contributed by atoms with Crippen LogP contribution in [0.5, 0.6) is 0 Å². The average molecular weight is 488 g/mol. The topological polar surface area (TPSA) is 95.8 Å². The van der Waals surface area contributed by atoms with Gasteiger partial charge in [0.15, 0.2) is 0 Å². The summed E-state index contributed by atoms with van der Waals surface area (Å²) in [4.78, 5) is 5.76. The lowest BCUT2D eigenvalue weighted by Gasteiger charge is -2.35. The van der Waals surface area contributed by atoms with Gasteiger partial charge in [-0.1, -0.05) is 11.3 Å². The predicted molar refractivity (Wildman–Crippen MR) is 129 cm³/mol. The van der Waals surface area contributed by atoms with Crippen LogP contribution in [0.25, 0.3) is 27.8 Å². The van der Waals surface area contributed by atoms with E-state index in [0.29, 0.717) is 13.1 Å². The molecule has 0 bridgehead atoms. The largest absolute Gasteiger partial charge is 0.374 e. The lowest BCUT2D eigenvalue weighted by Crippen LogP contribution is -2.38. The maximum Gasteiger partial charge on any atom is 0.139 e. The third-order valence-corrected chi connectivity index (χ3v) is 6.75. The van der Waals surface area contributed by atoms with Gasteiger partial charge in [0.25, 0.3) is 0 Å². The zero-order valence-corrected chi connectivity index (χ0v) is 19.2. The number of aliphatic hydroxyl groups excluding tert-OH is 1. The fourth-order valence-electron chi connectivity index (χ4n) is 4.87. The van der Waals surface area contributed by atoms with Gasteiger partial charge in [0.2, 0.25) is 0 Å². The van der Waals surface area contributed by atoms with Gasteiger partial charge in [0.1, 0.15) is 23.6 Å². The first kappa shape index (κ1) is 22.4. The number of hydrogen-bond acceptors (Lipinski definition) is 6. The van der Waals surface area contributed by atoms with Gasteiger partial charge in [0, 0.05) is 42.4 Å². The van der Waals surface area contributed by atoms with Crippen LogP contribution in [-0.4, -0.2) is 53.3 Å². The summed E-state index contributed by atoms with van der Waals surface area (Å²) in [6.07, 6.45) is 5.58. The number of aromatic nitrogens is 6. The number of aromatic amines is 1. The normalized spacial score (nSPS) is 17.5. The van der Waals surface area contributed by atoms with Gasteiger partial charge in [0.05, 0.1) is 28.7 Å². The van der Waals surface area contributed by atoms with Crippen molar-refractivity contribution in [1.82, 2.24) is 35.1 Å². The first-order chi connectivity index (χ1) is 17.6. The number of hydrogen-bond donors (Lipinski definition) is 2. The lowest BCUT2D eigenvalue weighted by atomic mass is 9.94. The quantitative estimate of drug-likeness (QED) is 0.383. The Morgan fingerprint density at radius 2 is 1.86 bits per heavy atom. The van der Waals surface area contributed by atoms with Crippen LogP contribution in [0, 0.1) is 11.6 Å². The van der Waals surface area contributed by atoms with Crippen molar-refractivity contribution in [1.29, 1.82) is 0 Å². The molecule has 0 spiro atoms. The van der Waals surface area contributed by atoms with E-state index in [1.807, 2.05) is 36.5 Å². The number of aliphatic hydroxyl groups is 1. The SMILES string of the molecule is OC(c1c(F)cccc1F)N1CCC[C@@H](c2cn(-c3ccc4[nH]nc(-c5ccncc5)c4c3)nn2)C1. The summed E-state index contributed by atoms with van der Waals surface area (Å²) in [5.74, 6) is -1.53. The van der Waals surface area contributed by atoms with Gasteiger partial charge >= 0.3 is 0 Å². The highest BCUT2D eigenvalue weighted by molar-refractivity contribution is 5.94. The van der Waals surface area contributed by atoms with Crippen molar-refractivity contribution in [3.8, 4) is 16.9 Å². The number of halogens is 2. The molecule has 1 saturated heterocycles. The summed E-state index contributed by atoms with van der Waals surface area (Å²) in [5, 5.41) is 27.9. The first-order valence-electron chi connectivity index (χ1n) is 11.8. The van der Waals surface area contributed by atoms with Crippen LogP contribution in [0.2, 0.25) is 0 Å². The fourth-order valence-corrected chi connectivity index (χ4v) is 4.87. The molecular formula is C26H23F2N7O. The van der Waals surface area contributed by atoms with E-state index >= 15 is 0 Å². The minimum absolute atomic E-state index is 0.0259. The van der Waals surface area contributed by atoms with Gasteiger partial charge < -0.3 is 5.11 Å². The molecule has 0 amide bonds. The summed E-state index contributed by atoms with van der Waals surface area (Å²) < 4.78 is 30.2. The summed E-state index contributed by atoms with van der Waals surface area (Å²) in [6, 6.07) is 13.3. The van der Waals surface area contributed by atoms with E-state index in [9.17, 15) is 13.9 Å². The fraction of sp³-hybridized carbons (Fsp3) is 0.231. The van der Waals surface area contributed by atoms with E-state index in [2.05, 4.69) is 25.5 Å². The number of pyridine rings is 1. The highest BCUT2D eigenvalue weighted by atomic mass is 19.1. The second-order valence-corrected chi connectivity index (χ2v) is 8.97. The smallest absolute Gasteiger partial charge is 0.139 e. The van der Waals surface area contributed by atoms with Crippen LogP contribution < -0.4 is 0 Å². The summed E-state index contributed by atoms with van der Waals surface area (Å²) >= 11 is 0. The van der Waals surface area contributed by atoms with Gasteiger partial charge in [-0.25, -0.2) is 13.5 Å². The second kappa shape index (κ2) is 9.21. The molecule has 10 heteroatoms. The van der Waals surface area contributed by atoms with Gasteiger partial charge in [-0.05, 0) is 55.3 Å². The molecule has 182 valence electrons. The molecule has 0 saturated carbocycles. The maximum absolute atomic E-state index is 14.2. The third-order valence-electron chi connectivity index (χ3n) is 6.75. The summed E-state index contributed by atoms with van der Waals surface area (Å²) in [5.41, 5.74) is 3.97. The first-order valence-corrected chi connectivity index (χ1v) is 11.8. The molecule has 0 radical (unpaired) electrons. The maximum atomic E-state index is 14.2. The highest BCUT2D eigenvalue weighted by Crippen LogP contribution is 2.33. The predicted octanol–water partition coefficient (Wildman–Crippen LogP) is 4.35. The molecule has 2 N–H and O–H groups in total. The number of likely N-dealkylation sites (tertiary alicyclic amines) is 1. The second-order valence-electron chi connectivity index (χ2n) is 8.97. The van der Waals surface area contributed by atoms with Crippen LogP contribution in [0.4, 0.5) is 8.78 Å². The van der Waals surface area contributed by atoms with Crippen LogP contribution in [0.1, 0.15) is 36.2 Å². The van der Waals surface area contributed by atoms with Crippen molar-refractivity contribution in [3.05, 3.63) is 90.0 Å². The Labute approximate surface area is 205 Å². The molecule has 1 aliphatic heterocycles. The Morgan fingerprint density at radius 3 is 2.67 bits per heavy atom. The van der Waals surface area contributed by atoms with Crippen molar-refractivity contribution < 1.29 is 13.9 Å². The number of nitrogens with one attached hydrogen (secondary N) is 1. The average Bonchev–Trinajstić information content (AvgIpc) is 3.57. The van der Waals surface area contributed by atoms with Crippen molar-refractivity contribution in [2.45, 2.75) is 25.0 Å². The molecule has 1 unspecified atom stereocenters.